The predicted octanol–water partition coefficient (Wildman–Crippen LogP) is 4.18. The van der Waals surface area contributed by atoms with Crippen molar-refractivity contribution in [3.05, 3.63) is 68.2 Å². The smallest absolute Gasteiger partial charge is 0.322 e. The maximum absolute atomic E-state index is 12.1. The number of hydrogen-bond acceptors (Lipinski definition) is 6. The van der Waals surface area contributed by atoms with Gasteiger partial charge in [0.15, 0.2) is 15.6 Å². The van der Waals surface area contributed by atoms with E-state index in [1.807, 2.05) is 0 Å². The summed E-state index contributed by atoms with van der Waals surface area (Å²) in [6, 6.07) is 7.73. The second-order valence-electron chi connectivity index (χ2n) is 6.71. The van der Waals surface area contributed by atoms with Crippen LogP contribution in [0.1, 0.15) is 18.2 Å². The molecule has 3 rings (SSSR count). The van der Waals surface area contributed by atoms with E-state index in [4.69, 9.17) is 27.9 Å². The second-order valence-corrected chi connectivity index (χ2v) is 9.90. The fraction of sp³-hybridized carbons (Fsp3) is 0.250. The number of aryl methyl sites for hydroxylation is 2. The van der Waals surface area contributed by atoms with E-state index < -0.39 is 9.84 Å². The third-order valence-electron chi connectivity index (χ3n) is 4.34. The molecule has 0 aliphatic heterocycles. The first-order chi connectivity index (χ1) is 14.1. The van der Waals surface area contributed by atoms with Gasteiger partial charge < -0.3 is 9.30 Å². The van der Waals surface area contributed by atoms with Crippen molar-refractivity contribution >= 4 is 33.0 Å². The number of pyridine rings is 1. The largest absolute Gasteiger partial charge is 0.422 e. The zero-order chi connectivity index (χ0) is 22.1. The van der Waals surface area contributed by atoms with Crippen molar-refractivity contribution in [3.8, 4) is 23.0 Å². The molecule has 30 heavy (non-hydrogen) atoms. The molecule has 2 heterocycles. The molecule has 0 unspecified atom stereocenters. The van der Waals surface area contributed by atoms with E-state index >= 15 is 0 Å². The molecule has 0 aliphatic rings. The van der Waals surface area contributed by atoms with Crippen molar-refractivity contribution in [1.29, 1.82) is 0 Å². The molecule has 0 N–H and O–H groups in total. The Kier molecular flexibility index (Phi) is 6.50. The first-order valence-corrected chi connectivity index (χ1v) is 11.5. The van der Waals surface area contributed by atoms with Gasteiger partial charge in [-0.2, -0.15) is 9.97 Å². The summed E-state index contributed by atoms with van der Waals surface area (Å²) in [5.41, 5.74) is 1.79. The van der Waals surface area contributed by atoms with Crippen LogP contribution in [0.5, 0.6) is 11.8 Å². The maximum Gasteiger partial charge on any atom is 0.322 e. The fourth-order valence-corrected chi connectivity index (χ4v) is 4.16. The van der Waals surface area contributed by atoms with Crippen LogP contribution in [-0.2, 0) is 22.6 Å². The van der Waals surface area contributed by atoms with Gasteiger partial charge in [-0.15, -0.1) is 0 Å². The van der Waals surface area contributed by atoms with Crippen molar-refractivity contribution in [2.75, 3.05) is 5.75 Å². The van der Waals surface area contributed by atoms with Crippen LogP contribution >= 0.6 is 23.2 Å². The van der Waals surface area contributed by atoms with Crippen LogP contribution in [0.25, 0.3) is 11.3 Å². The molecular formula is C20H19Cl2N3O4S. The summed E-state index contributed by atoms with van der Waals surface area (Å²) in [5.74, 6) is 0.0295. The first kappa shape index (κ1) is 22.3. The lowest BCUT2D eigenvalue weighted by Crippen LogP contribution is -2.14. The Bertz CT molecular complexity index is 1250. The zero-order valence-electron chi connectivity index (χ0n) is 16.5. The van der Waals surface area contributed by atoms with E-state index in [1.165, 1.54) is 16.7 Å². The third kappa shape index (κ3) is 5.19. The van der Waals surface area contributed by atoms with E-state index in [-0.39, 0.29) is 33.8 Å². The van der Waals surface area contributed by atoms with Crippen LogP contribution in [0.2, 0.25) is 10.0 Å². The number of rotatable bonds is 6. The van der Waals surface area contributed by atoms with Gasteiger partial charge >= 0.3 is 6.01 Å². The minimum Gasteiger partial charge on any atom is -0.422 e. The number of aromatic nitrogens is 3. The van der Waals surface area contributed by atoms with Crippen molar-refractivity contribution in [2.45, 2.75) is 19.6 Å². The van der Waals surface area contributed by atoms with E-state index in [0.29, 0.717) is 27.6 Å². The van der Waals surface area contributed by atoms with Crippen LogP contribution in [0.3, 0.4) is 0 Å². The van der Waals surface area contributed by atoms with Crippen molar-refractivity contribution in [2.24, 2.45) is 7.05 Å². The van der Waals surface area contributed by atoms with Gasteiger partial charge in [-0.05, 0) is 36.8 Å². The summed E-state index contributed by atoms with van der Waals surface area (Å²) in [4.78, 5) is 20.4. The van der Waals surface area contributed by atoms with Gasteiger partial charge in [-0.25, -0.2) is 8.42 Å². The third-order valence-corrected chi connectivity index (χ3v) is 6.45. The lowest BCUT2D eigenvalue weighted by Gasteiger charge is -2.12. The molecule has 158 valence electrons. The highest BCUT2D eigenvalue weighted by Crippen LogP contribution is 2.35. The van der Waals surface area contributed by atoms with Gasteiger partial charge in [0.25, 0.3) is 0 Å². The minimum atomic E-state index is -3.34. The highest BCUT2D eigenvalue weighted by molar-refractivity contribution is 7.90. The molecule has 0 aliphatic carbocycles. The Balaban J connectivity index is 2.12. The molecular weight excluding hydrogens is 449 g/mol. The number of sulfone groups is 1. The first-order valence-electron chi connectivity index (χ1n) is 8.97. The Morgan fingerprint density at radius 2 is 1.87 bits per heavy atom. The average Bonchev–Trinajstić information content (AvgIpc) is 2.66. The molecule has 0 saturated carbocycles. The molecule has 2 aromatic heterocycles. The standard InChI is InChI=1S/C20H19Cl2N3O4S/c1-4-30(27,28)11-15-9-17(13-5-6-18(26)25(3)10-13)24-20(23-15)29-19-12(2)7-14(21)8-16(19)22/h5-10H,4,11H2,1-3H3. The molecule has 0 spiro atoms. The minimum absolute atomic E-state index is 0.0233. The van der Waals surface area contributed by atoms with Crippen molar-refractivity contribution in [3.63, 3.8) is 0 Å². The highest BCUT2D eigenvalue weighted by Gasteiger charge is 2.17. The highest BCUT2D eigenvalue weighted by atomic mass is 35.5. The van der Waals surface area contributed by atoms with Crippen molar-refractivity contribution < 1.29 is 13.2 Å². The SMILES string of the molecule is CCS(=O)(=O)Cc1cc(-c2ccc(=O)n(C)c2)nc(Oc2c(C)cc(Cl)cc2Cl)n1. The molecule has 0 atom stereocenters. The van der Waals surface area contributed by atoms with Gasteiger partial charge in [0.1, 0.15) is 0 Å². The van der Waals surface area contributed by atoms with E-state index in [0.717, 1.165) is 0 Å². The van der Waals surface area contributed by atoms with Gasteiger partial charge in [0.2, 0.25) is 5.56 Å². The second kappa shape index (κ2) is 8.75. The predicted molar refractivity (Wildman–Crippen MR) is 117 cm³/mol. The summed E-state index contributed by atoms with van der Waals surface area (Å²) in [6.07, 6.45) is 1.60. The monoisotopic (exact) mass is 467 g/mol. The number of nitrogens with zero attached hydrogens (tertiary/aromatic N) is 3. The van der Waals surface area contributed by atoms with Crippen LogP contribution in [0, 0.1) is 6.92 Å². The van der Waals surface area contributed by atoms with E-state index in [1.54, 1.807) is 45.3 Å². The quantitative estimate of drug-likeness (QED) is 0.539. The molecule has 0 radical (unpaired) electrons. The Morgan fingerprint density at radius 1 is 1.13 bits per heavy atom. The normalized spacial score (nSPS) is 11.5. The summed E-state index contributed by atoms with van der Waals surface area (Å²) >= 11 is 12.3. The van der Waals surface area contributed by atoms with Gasteiger partial charge in [0.05, 0.1) is 22.2 Å². The average molecular weight is 468 g/mol. The number of halogens is 2. The number of ether oxygens (including phenoxy) is 1. The Morgan fingerprint density at radius 3 is 2.50 bits per heavy atom. The molecule has 0 fully saturated rings. The Hall–Kier alpha value is -2.42. The maximum atomic E-state index is 12.1. The molecule has 0 saturated heterocycles. The molecule has 3 aromatic rings. The summed E-state index contributed by atoms with van der Waals surface area (Å²) in [7, 11) is -1.73. The number of hydrogen-bond donors (Lipinski definition) is 0. The molecule has 1 aromatic carbocycles. The van der Waals surface area contributed by atoms with E-state index in [2.05, 4.69) is 9.97 Å². The molecule has 0 amide bonds. The summed E-state index contributed by atoms with van der Waals surface area (Å²) in [6.45, 7) is 3.34. The fourth-order valence-electron chi connectivity index (χ4n) is 2.72. The van der Waals surface area contributed by atoms with Gasteiger partial charge in [-0.1, -0.05) is 30.1 Å². The Labute approximate surface area is 184 Å². The van der Waals surface area contributed by atoms with Crippen LogP contribution in [0.4, 0.5) is 0 Å². The van der Waals surface area contributed by atoms with E-state index in [9.17, 15) is 13.2 Å². The van der Waals surface area contributed by atoms with Crippen LogP contribution in [0.15, 0.2) is 41.3 Å². The lowest BCUT2D eigenvalue weighted by molar-refractivity contribution is 0.438. The lowest BCUT2D eigenvalue weighted by atomic mass is 10.2. The number of benzene rings is 1. The van der Waals surface area contributed by atoms with Crippen LogP contribution in [-0.4, -0.2) is 28.7 Å². The van der Waals surface area contributed by atoms with Crippen LogP contribution < -0.4 is 10.3 Å². The van der Waals surface area contributed by atoms with Crippen molar-refractivity contribution in [1.82, 2.24) is 14.5 Å². The summed E-state index contributed by atoms with van der Waals surface area (Å²) in [5, 5.41) is 0.735. The molecule has 10 heteroatoms. The van der Waals surface area contributed by atoms with Gasteiger partial charge in [0, 0.05) is 35.6 Å². The zero-order valence-corrected chi connectivity index (χ0v) is 18.8. The molecule has 7 nitrogen and oxygen atoms in total. The topological polar surface area (TPSA) is 91.2 Å². The molecule has 0 bridgehead atoms. The summed E-state index contributed by atoms with van der Waals surface area (Å²) < 4.78 is 31.5. The van der Waals surface area contributed by atoms with Gasteiger partial charge in [-0.3, -0.25) is 4.79 Å².